The number of esters is 1. The number of carbonyl (C=O) groups is 2. The molecule has 22 heavy (non-hydrogen) atoms. The minimum Gasteiger partial charge on any atom is -0.497 e. The zero-order chi connectivity index (χ0) is 16.7. The van der Waals surface area contributed by atoms with E-state index < -0.39 is 12.0 Å². The Labute approximate surface area is 135 Å². The predicted molar refractivity (Wildman–Crippen MR) is 85.0 cm³/mol. The SMILES string of the molecule is C=C(Cl)COC(=O)[C@@H](NC(=O)c1ccc(OC)cc1)C(C)C. The Hall–Kier alpha value is -2.01. The molecule has 6 heteroatoms. The summed E-state index contributed by atoms with van der Waals surface area (Å²) in [6.45, 7) is 6.99. The largest absolute Gasteiger partial charge is 0.497 e. The van der Waals surface area contributed by atoms with Crippen molar-refractivity contribution in [3.05, 3.63) is 41.4 Å². The van der Waals surface area contributed by atoms with Gasteiger partial charge in [0.1, 0.15) is 18.4 Å². The maximum atomic E-state index is 12.2. The Bertz CT molecular complexity index is 540. The van der Waals surface area contributed by atoms with Gasteiger partial charge >= 0.3 is 5.97 Å². The molecule has 0 bridgehead atoms. The number of hydrogen-bond donors (Lipinski definition) is 1. The molecule has 0 unspecified atom stereocenters. The molecular formula is C16H20ClNO4. The molecule has 0 saturated heterocycles. The van der Waals surface area contributed by atoms with Crippen molar-refractivity contribution in [2.24, 2.45) is 5.92 Å². The lowest BCUT2D eigenvalue weighted by Gasteiger charge is -2.20. The lowest BCUT2D eigenvalue weighted by molar-refractivity contribution is -0.145. The highest BCUT2D eigenvalue weighted by molar-refractivity contribution is 6.29. The number of rotatable bonds is 7. The molecule has 0 spiro atoms. The summed E-state index contributed by atoms with van der Waals surface area (Å²) in [7, 11) is 1.55. The van der Waals surface area contributed by atoms with Crippen LogP contribution in [-0.2, 0) is 9.53 Å². The number of carbonyl (C=O) groups excluding carboxylic acids is 2. The fraction of sp³-hybridized carbons (Fsp3) is 0.375. The van der Waals surface area contributed by atoms with Gasteiger partial charge < -0.3 is 14.8 Å². The van der Waals surface area contributed by atoms with E-state index >= 15 is 0 Å². The van der Waals surface area contributed by atoms with E-state index in [1.165, 1.54) is 0 Å². The van der Waals surface area contributed by atoms with Gasteiger partial charge in [-0.05, 0) is 30.2 Å². The van der Waals surface area contributed by atoms with Gasteiger partial charge in [0.25, 0.3) is 5.91 Å². The monoisotopic (exact) mass is 325 g/mol. The van der Waals surface area contributed by atoms with Crippen LogP contribution >= 0.6 is 11.6 Å². The minimum atomic E-state index is -0.759. The van der Waals surface area contributed by atoms with Crippen molar-refractivity contribution < 1.29 is 19.1 Å². The Morgan fingerprint density at radius 2 is 1.86 bits per heavy atom. The predicted octanol–water partition coefficient (Wildman–Crippen LogP) is 2.75. The normalized spacial score (nSPS) is 11.7. The van der Waals surface area contributed by atoms with Gasteiger partial charge in [-0.25, -0.2) is 4.79 Å². The van der Waals surface area contributed by atoms with Gasteiger partial charge in [0.15, 0.2) is 0 Å². The highest BCUT2D eigenvalue weighted by Gasteiger charge is 2.26. The van der Waals surface area contributed by atoms with Gasteiger partial charge in [-0.1, -0.05) is 32.0 Å². The number of nitrogens with one attached hydrogen (secondary N) is 1. The molecule has 0 aliphatic rings. The van der Waals surface area contributed by atoms with Crippen LogP contribution in [0.1, 0.15) is 24.2 Å². The molecule has 5 nitrogen and oxygen atoms in total. The molecule has 1 aromatic rings. The van der Waals surface area contributed by atoms with Crippen molar-refractivity contribution in [1.82, 2.24) is 5.32 Å². The number of halogens is 1. The number of methoxy groups -OCH3 is 1. The summed E-state index contributed by atoms with van der Waals surface area (Å²) < 4.78 is 10.0. The van der Waals surface area contributed by atoms with E-state index in [1.807, 2.05) is 13.8 Å². The topological polar surface area (TPSA) is 64.6 Å². The summed E-state index contributed by atoms with van der Waals surface area (Å²) in [6, 6.07) is 5.84. The highest BCUT2D eigenvalue weighted by Crippen LogP contribution is 2.12. The van der Waals surface area contributed by atoms with Crippen molar-refractivity contribution in [3.63, 3.8) is 0 Å². The van der Waals surface area contributed by atoms with Crippen molar-refractivity contribution >= 4 is 23.5 Å². The second-order valence-corrected chi connectivity index (χ2v) is 5.58. The standard InChI is InChI=1S/C16H20ClNO4/c1-10(2)14(16(20)22-9-11(3)17)18-15(19)12-5-7-13(21-4)8-6-12/h5-8,10,14H,3,9H2,1-2,4H3,(H,18,19)/t14-/m0/s1. The molecule has 0 aliphatic heterocycles. The second-order valence-electron chi connectivity index (χ2n) is 5.05. The van der Waals surface area contributed by atoms with E-state index in [0.717, 1.165) is 0 Å². The lowest BCUT2D eigenvalue weighted by atomic mass is 10.0. The third-order valence-electron chi connectivity index (χ3n) is 2.93. The summed E-state index contributed by atoms with van der Waals surface area (Å²) >= 11 is 5.57. The summed E-state index contributed by atoms with van der Waals surface area (Å²) in [5.41, 5.74) is 0.431. The van der Waals surface area contributed by atoms with Crippen LogP contribution in [0.5, 0.6) is 5.75 Å². The van der Waals surface area contributed by atoms with E-state index in [2.05, 4.69) is 11.9 Å². The van der Waals surface area contributed by atoms with Crippen LogP contribution in [0, 0.1) is 5.92 Å². The minimum absolute atomic E-state index is 0.0813. The van der Waals surface area contributed by atoms with Gasteiger partial charge in [-0.3, -0.25) is 4.79 Å². The van der Waals surface area contributed by atoms with E-state index in [0.29, 0.717) is 11.3 Å². The maximum absolute atomic E-state index is 12.2. The third kappa shape index (κ3) is 5.41. The fourth-order valence-corrected chi connectivity index (χ4v) is 1.76. The van der Waals surface area contributed by atoms with Crippen LogP contribution < -0.4 is 10.1 Å². The fourth-order valence-electron chi connectivity index (χ4n) is 1.70. The number of amides is 1. The first kappa shape index (κ1) is 18.0. The molecule has 0 aliphatic carbocycles. The molecule has 1 amide bonds. The Morgan fingerprint density at radius 3 is 2.32 bits per heavy atom. The molecule has 1 atom stereocenters. The van der Waals surface area contributed by atoms with E-state index in [1.54, 1.807) is 31.4 Å². The average molecular weight is 326 g/mol. The summed E-state index contributed by atoms with van der Waals surface area (Å²) in [6.07, 6.45) is 0. The van der Waals surface area contributed by atoms with Crippen molar-refractivity contribution in [2.75, 3.05) is 13.7 Å². The number of benzene rings is 1. The molecule has 0 saturated carbocycles. The van der Waals surface area contributed by atoms with E-state index in [9.17, 15) is 9.59 Å². The zero-order valence-electron chi connectivity index (χ0n) is 12.9. The average Bonchev–Trinajstić information content (AvgIpc) is 2.49. The van der Waals surface area contributed by atoms with Crippen molar-refractivity contribution in [1.29, 1.82) is 0 Å². The van der Waals surface area contributed by atoms with Crippen LogP contribution in [0.15, 0.2) is 35.9 Å². The molecule has 0 aromatic heterocycles. The lowest BCUT2D eigenvalue weighted by Crippen LogP contribution is -2.45. The Morgan fingerprint density at radius 1 is 1.27 bits per heavy atom. The third-order valence-corrected chi connectivity index (χ3v) is 3.04. The maximum Gasteiger partial charge on any atom is 0.329 e. The molecule has 120 valence electrons. The first-order valence-electron chi connectivity index (χ1n) is 6.80. The van der Waals surface area contributed by atoms with Crippen LogP contribution in [0.25, 0.3) is 0 Å². The quantitative estimate of drug-likeness (QED) is 0.783. The number of hydrogen-bond acceptors (Lipinski definition) is 4. The van der Waals surface area contributed by atoms with Crippen LogP contribution in [0.3, 0.4) is 0 Å². The van der Waals surface area contributed by atoms with E-state index in [4.69, 9.17) is 21.1 Å². The first-order chi connectivity index (χ1) is 10.3. The van der Waals surface area contributed by atoms with Crippen LogP contribution in [0.4, 0.5) is 0 Å². The highest BCUT2D eigenvalue weighted by atomic mass is 35.5. The smallest absolute Gasteiger partial charge is 0.329 e. The molecule has 1 N–H and O–H groups in total. The van der Waals surface area contributed by atoms with Gasteiger partial charge in [-0.15, -0.1) is 0 Å². The zero-order valence-corrected chi connectivity index (χ0v) is 13.6. The summed E-state index contributed by atoms with van der Waals surface area (Å²) in [4.78, 5) is 24.2. The molecular weight excluding hydrogens is 306 g/mol. The Balaban J connectivity index is 2.74. The molecule has 0 fully saturated rings. The van der Waals surface area contributed by atoms with Gasteiger partial charge in [0.05, 0.1) is 7.11 Å². The van der Waals surface area contributed by atoms with Gasteiger partial charge in [-0.2, -0.15) is 0 Å². The van der Waals surface area contributed by atoms with Gasteiger partial charge in [0.2, 0.25) is 0 Å². The second kappa shape index (κ2) is 8.44. The summed E-state index contributed by atoms with van der Waals surface area (Å²) in [5, 5.41) is 2.89. The van der Waals surface area contributed by atoms with E-state index in [-0.39, 0.29) is 23.5 Å². The molecule has 0 radical (unpaired) electrons. The molecule has 1 aromatic carbocycles. The molecule has 1 rings (SSSR count). The summed E-state index contributed by atoms with van der Waals surface area (Å²) in [5.74, 6) is -0.378. The van der Waals surface area contributed by atoms with Gasteiger partial charge in [0, 0.05) is 10.6 Å². The van der Waals surface area contributed by atoms with Crippen molar-refractivity contribution in [3.8, 4) is 5.75 Å². The number of ether oxygens (including phenoxy) is 2. The Kier molecular flexibility index (Phi) is 6.92. The van der Waals surface area contributed by atoms with Crippen molar-refractivity contribution in [2.45, 2.75) is 19.9 Å². The first-order valence-corrected chi connectivity index (χ1v) is 7.17. The molecule has 0 heterocycles. The van der Waals surface area contributed by atoms with Crippen LogP contribution in [0.2, 0.25) is 0 Å². The van der Waals surface area contributed by atoms with Crippen LogP contribution in [-0.4, -0.2) is 31.6 Å².